The number of aliphatic hydroxyl groups is 1. The van der Waals surface area contributed by atoms with Crippen molar-refractivity contribution in [3.63, 3.8) is 0 Å². The highest BCUT2D eigenvalue weighted by Crippen LogP contribution is 2.34. The zero-order chi connectivity index (χ0) is 15.2. The molecule has 0 aliphatic rings. The second-order valence-electron chi connectivity index (χ2n) is 5.47. The number of nitrogens with zero attached hydrogens (tertiary/aromatic N) is 1. The van der Waals surface area contributed by atoms with Crippen LogP contribution in [-0.4, -0.2) is 36.0 Å². The van der Waals surface area contributed by atoms with Crippen LogP contribution in [0.5, 0.6) is 0 Å². The number of hydrogen-bond donors (Lipinski definition) is 1. The maximum atomic E-state index is 9.88. The summed E-state index contributed by atoms with van der Waals surface area (Å²) in [4.78, 5) is 3.37. The van der Waals surface area contributed by atoms with Crippen molar-refractivity contribution in [1.82, 2.24) is 4.90 Å². The Morgan fingerprint density at radius 3 is 2.14 bits per heavy atom. The monoisotopic (exact) mass is 301 g/mol. The molecule has 2 aromatic carbocycles. The van der Waals surface area contributed by atoms with Crippen molar-refractivity contribution < 1.29 is 5.11 Å². The molecule has 0 aliphatic carbocycles. The lowest BCUT2D eigenvalue weighted by atomic mass is 10.0. The van der Waals surface area contributed by atoms with Gasteiger partial charge in [0.2, 0.25) is 0 Å². The van der Waals surface area contributed by atoms with Crippen LogP contribution in [0.1, 0.15) is 17.2 Å². The van der Waals surface area contributed by atoms with Crippen LogP contribution in [0, 0.1) is 6.92 Å². The molecule has 2 unspecified atom stereocenters. The first-order valence-corrected chi connectivity index (χ1v) is 8.05. The van der Waals surface area contributed by atoms with Gasteiger partial charge in [-0.2, -0.15) is 0 Å². The van der Waals surface area contributed by atoms with Gasteiger partial charge in [0, 0.05) is 10.9 Å². The standard InChI is InChI=1S/C18H23NOS/c1-14-9-11-16(12-10-14)21-17(13-20)18(19(2)3)15-7-5-4-6-8-15/h4-12,17-18,20H,13H2,1-3H3. The van der Waals surface area contributed by atoms with Crippen molar-refractivity contribution in [2.75, 3.05) is 20.7 Å². The lowest BCUT2D eigenvalue weighted by Crippen LogP contribution is -2.31. The van der Waals surface area contributed by atoms with E-state index in [9.17, 15) is 5.11 Å². The lowest BCUT2D eigenvalue weighted by molar-refractivity contribution is 0.219. The molecule has 2 rings (SSSR count). The second-order valence-corrected chi connectivity index (χ2v) is 6.78. The van der Waals surface area contributed by atoms with E-state index in [1.165, 1.54) is 16.0 Å². The van der Waals surface area contributed by atoms with E-state index in [0.717, 1.165) is 0 Å². The minimum Gasteiger partial charge on any atom is -0.395 e. The molecular formula is C18H23NOS. The Balaban J connectivity index is 2.22. The Hall–Kier alpha value is -1.29. The van der Waals surface area contributed by atoms with E-state index in [4.69, 9.17) is 0 Å². The first kappa shape index (κ1) is 16.1. The van der Waals surface area contributed by atoms with Gasteiger partial charge in [0.25, 0.3) is 0 Å². The van der Waals surface area contributed by atoms with E-state index < -0.39 is 0 Å². The largest absolute Gasteiger partial charge is 0.395 e. The van der Waals surface area contributed by atoms with Crippen LogP contribution in [0.3, 0.4) is 0 Å². The third-order valence-electron chi connectivity index (χ3n) is 3.54. The topological polar surface area (TPSA) is 23.5 Å². The zero-order valence-electron chi connectivity index (χ0n) is 12.9. The Kier molecular flexibility index (Phi) is 5.85. The summed E-state index contributed by atoms with van der Waals surface area (Å²) in [6.45, 7) is 2.24. The highest BCUT2D eigenvalue weighted by Gasteiger charge is 2.25. The van der Waals surface area contributed by atoms with Gasteiger partial charge in [-0.05, 0) is 38.7 Å². The maximum Gasteiger partial charge on any atom is 0.0572 e. The smallest absolute Gasteiger partial charge is 0.0572 e. The minimum absolute atomic E-state index is 0.102. The average Bonchev–Trinajstić information content (AvgIpc) is 2.49. The number of hydrogen-bond acceptors (Lipinski definition) is 3. The van der Waals surface area contributed by atoms with Crippen LogP contribution in [0.4, 0.5) is 0 Å². The van der Waals surface area contributed by atoms with Gasteiger partial charge in [-0.25, -0.2) is 0 Å². The molecule has 0 aromatic heterocycles. The van der Waals surface area contributed by atoms with E-state index in [-0.39, 0.29) is 17.9 Å². The molecule has 21 heavy (non-hydrogen) atoms. The van der Waals surface area contributed by atoms with Gasteiger partial charge in [0.15, 0.2) is 0 Å². The Morgan fingerprint density at radius 1 is 1.00 bits per heavy atom. The summed E-state index contributed by atoms with van der Waals surface area (Å²) in [5.74, 6) is 0. The van der Waals surface area contributed by atoms with Crippen molar-refractivity contribution >= 4 is 11.8 Å². The van der Waals surface area contributed by atoms with Crippen LogP contribution in [0.2, 0.25) is 0 Å². The first-order valence-electron chi connectivity index (χ1n) is 7.17. The number of aliphatic hydroxyl groups excluding tert-OH is 1. The molecule has 0 saturated heterocycles. The summed E-state index contributed by atoms with van der Waals surface area (Å²) in [7, 11) is 4.13. The summed E-state index contributed by atoms with van der Waals surface area (Å²) in [5, 5.41) is 9.98. The molecule has 2 nitrogen and oxygen atoms in total. The third-order valence-corrected chi connectivity index (χ3v) is 4.79. The lowest BCUT2D eigenvalue weighted by Gasteiger charge is -2.31. The molecule has 0 radical (unpaired) electrons. The van der Waals surface area contributed by atoms with Gasteiger partial charge < -0.3 is 10.0 Å². The molecule has 0 heterocycles. The predicted molar refractivity (Wildman–Crippen MR) is 90.8 cm³/mol. The second kappa shape index (κ2) is 7.64. The molecule has 1 N–H and O–H groups in total. The van der Waals surface area contributed by atoms with E-state index in [1.54, 1.807) is 11.8 Å². The fourth-order valence-electron chi connectivity index (χ4n) is 2.49. The van der Waals surface area contributed by atoms with Gasteiger partial charge in [-0.1, -0.05) is 48.0 Å². The molecule has 0 aliphatic heterocycles. The summed E-state index contributed by atoms with van der Waals surface area (Å²) in [6.07, 6.45) is 0. The average molecular weight is 301 g/mol. The predicted octanol–water partition coefficient (Wildman–Crippen LogP) is 3.75. The number of rotatable bonds is 6. The van der Waals surface area contributed by atoms with Crippen molar-refractivity contribution in [2.24, 2.45) is 0 Å². The van der Waals surface area contributed by atoms with Crippen molar-refractivity contribution in [3.8, 4) is 0 Å². The van der Waals surface area contributed by atoms with Crippen molar-refractivity contribution in [2.45, 2.75) is 23.1 Å². The van der Waals surface area contributed by atoms with Gasteiger partial charge in [0.05, 0.1) is 11.9 Å². The molecule has 2 atom stereocenters. The molecule has 0 saturated carbocycles. The molecular weight excluding hydrogens is 278 g/mol. The van der Waals surface area contributed by atoms with E-state index >= 15 is 0 Å². The summed E-state index contributed by atoms with van der Waals surface area (Å²) >= 11 is 1.74. The SMILES string of the molecule is Cc1ccc(SC(CO)C(c2ccccc2)N(C)C)cc1. The van der Waals surface area contributed by atoms with E-state index in [1.807, 2.05) is 6.07 Å². The Morgan fingerprint density at radius 2 is 1.62 bits per heavy atom. The highest BCUT2D eigenvalue weighted by molar-refractivity contribution is 8.00. The molecule has 0 spiro atoms. The Bertz CT molecular complexity index is 539. The summed E-state index contributed by atoms with van der Waals surface area (Å²) in [6, 6.07) is 19.0. The fraction of sp³-hybridized carbons (Fsp3) is 0.333. The fourth-order valence-corrected chi connectivity index (χ4v) is 3.74. The van der Waals surface area contributed by atoms with Crippen LogP contribution < -0.4 is 0 Å². The Labute approximate surface area is 131 Å². The van der Waals surface area contributed by atoms with E-state index in [0.29, 0.717) is 0 Å². The van der Waals surface area contributed by atoms with E-state index in [2.05, 4.69) is 74.4 Å². The minimum atomic E-state index is 0.102. The van der Waals surface area contributed by atoms with Crippen LogP contribution >= 0.6 is 11.8 Å². The van der Waals surface area contributed by atoms with Gasteiger partial charge >= 0.3 is 0 Å². The number of benzene rings is 2. The molecule has 0 fully saturated rings. The van der Waals surface area contributed by atoms with Gasteiger partial charge in [-0.15, -0.1) is 11.8 Å². The van der Waals surface area contributed by atoms with Crippen molar-refractivity contribution in [3.05, 3.63) is 65.7 Å². The van der Waals surface area contributed by atoms with Gasteiger partial charge in [-0.3, -0.25) is 0 Å². The summed E-state index contributed by atoms with van der Waals surface area (Å²) < 4.78 is 0. The van der Waals surface area contributed by atoms with Crippen LogP contribution in [0.15, 0.2) is 59.5 Å². The summed E-state index contributed by atoms with van der Waals surface area (Å²) in [5.41, 5.74) is 2.49. The molecule has 0 amide bonds. The molecule has 112 valence electrons. The highest BCUT2D eigenvalue weighted by atomic mass is 32.2. The number of aryl methyl sites for hydroxylation is 1. The zero-order valence-corrected chi connectivity index (χ0v) is 13.7. The van der Waals surface area contributed by atoms with Crippen LogP contribution in [-0.2, 0) is 0 Å². The molecule has 0 bridgehead atoms. The van der Waals surface area contributed by atoms with Crippen molar-refractivity contribution in [1.29, 1.82) is 0 Å². The molecule has 3 heteroatoms. The number of thioether (sulfide) groups is 1. The normalized spacial score (nSPS) is 14.1. The quantitative estimate of drug-likeness (QED) is 0.822. The first-order chi connectivity index (χ1) is 10.1. The maximum absolute atomic E-state index is 9.88. The third kappa shape index (κ3) is 4.34. The van der Waals surface area contributed by atoms with Gasteiger partial charge in [0.1, 0.15) is 0 Å². The molecule has 2 aromatic rings. The van der Waals surface area contributed by atoms with Crippen LogP contribution in [0.25, 0.3) is 0 Å².